The summed E-state index contributed by atoms with van der Waals surface area (Å²) < 4.78 is 17.3. The number of nitrogens with zero attached hydrogens (tertiary/aromatic N) is 2. The van der Waals surface area contributed by atoms with Gasteiger partial charge < -0.3 is 24.8 Å². The molecule has 0 aliphatic heterocycles. The van der Waals surface area contributed by atoms with Crippen LogP contribution in [0.15, 0.2) is 21.7 Å². The number of nitrogen functional groups attached to an aromatic ring is 1. The second kappa shape index (κ2) is 11.3. The molecule has 0 unspecified atom stereocenters. The minimum atomic E-state index is -0.711. The Hall–Kier alpha value is -3.43. The van der Waals surface area contributed by atoms with E-state index in [2.05, 4.69) is 4.98 Å². The van der Waals surface area contributed by atoms with E-state index in [1.54, 1.807) is 0 Å². The molecule has 0 radical (unpaired) electrons. The molecule has 0 saturated carbocycles. The first kappa shape index (κ1) is 24.8. The van der Waals surface area contributed by atoms with Crippen LogP contribution < -0.4 is 36.1 Å². The summed E-state index contributed by atoms with van der Waals surface area (Å²) in [5.41, 5.74) is 5.12. The van der Waals surface area contributed by atoms with Crippen molar-refractivity contribution >= 4 is 17.4 Å². The van der Waals surface area contributed by atoms with Crippen molar-refractivity contribution in [2.45, 2.75) is 46.1 Å². The number of unbranched alkanes of at least 4 members (excludes halogenated alkanes) is 2. The van der Waals surface area contributed by atoms with Crippen LogP contribution in [0.25, 0.3) is 0 Å². The zero-order chi connectivity index (χ0) is 23.8. The van der Waals surface area contributed by atoms with Gasteiger partial charge >= 0.3 is 5.69 Å². The van der Waals surface area contributed by atoms with E-state index in [0.717, 1.165) is 12.8 Å². The molecule has 0 spiro atoms. The summed E-state index contributed by atoms with van der Waals surface area (Å²) in [5, 5.41) is 0. The van der Waals surface area contributed by atoms with Gasteiger partial charge in [0.1, 0.15) is 5.82 Å². The number of H-pyrrole nitrogens is 1. The van der Waals surface area contributed by atoms with Gasteiger partial charge in [-0.1, -0.05) is 26.7 Å². The molecule has 10 heteroatoms. The first-order valence-corrected chi connectivity index (χ1v) is 10.6. The molecule has 0 saturated heterocycles. The number of ether oxygens (including phenoxy) is 3. The SMILES string of the molecule is CCCCN(C(=O)c1cc(OC)c(OC)c(OC)c1)c1c(N)n(CCCC)c(=O)[nH]c1=O. The van der Waals surface area contributed by atoms with Crippen molar-refractivity contribution < 1.29 is 19.0 Å². The molecule has 10 nitrogen and oxygen atoms in total. The fraction of sp³-hybridized carbons (Fsp3) is 0.500. The van der Waals surface area contributed by atoms with Crippen LogP contribution in [0.3, 0.4) is 0 Å². The van der Waals surface area contributed by atoms with Crippen molar-refractivity contribution in [3.8, 4) is 17.2 Å². The monoisotopic (exact) mass is 448 g/mol. The average molecular weight is 449 g/mol. The van der Waals surface area contributed by atoms with E-state index in [0.29, 0.717) is 36.6 Å². The molecule has 3 N–H and O–H groups in total. The number of anilines is 2. The second-order valence-corrected chi connectivity index (χ2v) is 7.22. The molecule has 0 fully saturated rings. The minimum Gasteiger partial charge on any atom is -0.493 e. The summed E-state index contributed by atoms with van der Waals surface area (Å²) in [6.45, 7) is 4.53. The molecule has 1 amide bonds. The van der Waals surface area contributed by atoms with E-state index in [4.69, 9.17) is 19.9 Å². The largest absolute Gasteiger partial charge is 0.493 e. The minimum absolute atomic E-state index is 0.0379. The van der Waals surface area contributed by atoms with E-state index in [9.17, 15) is 14.4 Å². The number of carbonyl (C=O) groups excluding carboxylic acids is 1. The molecule has 2 rings (SSSR count). The van der Waals surface area contributed by atoms with Gasteiger partial charge in [0.25, 0.3) is 11.5 Å². The van der Waals surface area contributed by atoms with Crippen LogP contribution in [0.5, 0.6) is 17.2 Å². The van der Waals surface area contributed by atoms with Crippen molar-refractivity contribution in [2.24, 2.45) is 0 Å². The molecule has 1 heterocycles. The van der Waals surface area contributed by atoms with E-state index in [-0.39, 0.29) is 23.6 Å². The van der Waals surface area contributed by atoms with E-state index < -0.39 is 17.2 Å². The van der Waals surface area contributed by atoms with Gasteiger partial charge in [-0.3, -0.25) is 19.1 Å². The van der Waals surface area contributed by atoms with Crippen LogP contribution in [0.1, 0.15) is 49.9 Å². The van der Waals surface area contributed by atoms with Gasteiger partial charge in [0.15, 0.2) is 17.2 Å². The van der Waals surface area contributed by atoms with Gasteiger partial charge in [0, 0.05) is 18.7 Å². The van der Waals surface area contributed by atoms with Crippen molar-refractivity contribution in [3.05, 3.63) is 38.5 Å². The van der Waals surface area contributed by atoms with Crippen molar-refractivity contribution in [3.63, 3.8) is 0 Å². The third kappa shape index (κ3) is 5.06. The topological polar surface area (TPSA) is 129 Å². The van der Waals surface area contributed by atoms with Crippen LogP contribution in [-0.2, 0) is 6.54 Å². The van der Waals surface area contributed by atoms with Gasteiger partial charge in [-0.15, -0.1) is 0 Å². The molecular weight excluding hydrogens is 416 g/mol. The Labute approximate surface area is 186 Å². The Morgan fingerprint density at radius 3 is 2.12 bits per heavy atom. The van der Waals surface area contributed by atoms with Crippen LogP contribution in [0.2, 0.25) is 0 Å². The molecular formula is C22H32N4O6. The number of methoxy groups -OCH3 is 3. The van der Waals surface area contributed by atoms with Crippen LogP contribution >= 0.6 is 0 Å². The van der Waals surface area contributed by atoms with Crippen LogP contribution in [0, 0.1) is 0 Å². The Morgan fingerprint density at radius 2 is 1.62 bits per heavy atom. The number of nitrogens with two attached hydrogens (primary N) is 1. The van der Waals surface area contributed by atoms with Gasteiger partial charge in [-0.25, -0.2) is 4.79 Å². The molecule has 32 heavy (non-hydrogen) atoms. The quantitative estimate of drug-likeness (QED) is 0.540. The van der Waals surface area contributed by atoms with Gasteiger partial charge in [-0.2, -0.15) is 0 Å². The Balaban J connectivity index is 2.67. The standard InChI is InChI=1S/C22H32N4O6/c1-6-8-10-25(17-19(23)26(11-9-7-2)22(29)24-20(17)27)21(28)14-12-15(30-3)18(32-5)16(13-14)31-4/h12-13H,6-11,23H2,1-5H3,(H,24,27,29). The summed E-state index contributed by atoms with van der Waals surface area (Å²) in [7, 11) is 4.37. The summed E-state index contributed by atoms with van der Waals surface area (Å²) in [4.78, 5) is 42.2. The normalized spacial score (nSPS) is 10.7. The maximum Gasteiger partial charge on any atom is 0.330 e. The molecule has 176 valence electrons. The molecule has 0 atom stereocenters. The van der Waals surface area contributed by atoms with Crippen LogP contribution in [-0.4, -0.2) is 43.3 Å². The smallest absolute Gasteiger partial charge is 0.330 e. The molecule has 2 aromatic rings. The zero-order valence-electron chi connectivity index (χ0n) is 19.3. The predicted octanol–water partition coefficient (Wildman–Crippen LogP) is 2.39. The summed E-state index contributed by atoms with van der Waals surface area (Å²) in [5.74, 6) is 0.442. The molecule has 0 aliphatic rings. The number of amides is 1. The number of hydrogen-bond acceptors (Lipinski definition) is 7. The molecule has 0 bridgehead atoms. The first-order valence-electron chi connectivity index (χ1n) is 10.6. The number of hydrogen-bond donors (Lipinski definition) is 2. The van der Waals surface area contributed by atoms with E-state index in [1.165, 1.54) is 42.9 Å². The predicted molar refractivity (Wildman–Crippen MR) is 123 cm³/mol. The highest BCUT2D eigenvalue weighted by molar-refractivity contribution is 6.08. The van der Waals surface area contributed by atoms with E-state index >= 15 is 0 Å². The second-order valence-electron chi connectivity index (χ2n) is 7.22. The van der Waals surface area contributed by atoms with Crippen molar-refractivity contribution in [1.29, 1.82) is 0 Å². The number of aromatic nitrogens is 2. The van der Waals surface area contributed by atoms with Gasteiger partial charge in [-0.05, 0) is 25.0 Å². The lowest BCUT2D eigenvalue weighted by molar-refractivity contribution is 0.0985. The number of rotatable bonds is 11. The Kier molecular flexibility index (Phi) is 8.74. The van der Waals surface area contributed by atoms with Crippen LogP contribution in [0.4, 0.5) is 11.5 Å². The fourth-order valence-electron chi connectivity index (χ4n) is 3.37. The third-order valence-corrected chi connectivity index (χ3v) is 5.11. The lowest BCUT2D eigenvalue weighted by Crippen LogP contribution is -2.41. The van der Waals surface area contributed by atoms with Gasteiger partial charge in [0.2, 0.25) is 5.75 Å². The number of nitrogens with one attached hydrogen (secondary N) is 1. The highest BCUT2D eigenvalue weighted by Crippen LogP contribution is 2.38. The Bertz CT molecular complexity index is 1030. The number of benzene rings is 1. The average Bonchev–Trinajstić information content (AvgIpc) is 2.79. The summed E-state index contributed by atoms with van der Waals surface area (Å²) in [6, 6.07) is 3.03. The fourth-order valence-corrected chi connectivity index (χ4v) is 3.37. The third-order valence-electron chi connectivity index (χ3n) is 5.11. The number of carbonyl (C=O) groups is 1. The lowest BCUT2D eigenvalue weighted by Gasteiger charge is -2.25. The Morgan fingerprint density at radius 1 is 1.03 bits per heavy atom. The maximum atomic E-state index is 13.6. The highest BCUT2D eigenvalue weighted by Gasteiger charge is 2.27. The highest BCUT2D eigenvalue weighted by atomic mass is 16.5. The van der Waals surface area contributed by atoms with Gasteiger partial charge in [0.05, 0.1) is 21.3 Å². The summed E-state index contributed by atoms with van der Waals surface area (Å²) >= 11 is 0. The zero-order valence-corrected chi connectivity index (χ0v) is 19.3. The molecule has 1 aromatic carbocycles. The first-order chi connectivity index (χ1) is 15.3. The lowest BCUT2D eigenvalue weighted by atomic mass is 10.1. The van der Waals surface area contributed by atoms with Crippen molar-refractivity contribution in [2.75, 3.05) is 38.5 Å². The number of aromatic amines is 1. The van der Waals surface area contributed by atoms with E-state index in [1.807, 2.05) is 13.8 Å². The van der Waals surface area contributed by atoms with Crippen molar-refractivity contribution in [1.82, 2.24) is 9.55 Å². The maximum absolute atomic E-state index is 13.6. The molecule has 1 aromatic heterocycles. The molecule has 0 aliphatic carbocycles. The summed E-state index contributed by atoms with van der Waals surface area (Å²) in [6.07, 6.45) is 2.95.